The van der Waals surface area contributed by atoms with E-state index >= 15 is 0 Å². The van der Waals surface area contributed by atoms with E-state index < -0.39 is 6.04 Å². The molecular formula is C40H34N4O5S. The Morgan fingerprint density at radius 3 is 2.48 bits per heavy atom. The predicted molar refractivity (Wildman–Crippen MR) is 195 cm³/mol. The maximum absolute atomic E-state index is 14.4. The van der Waals surface area contributed by atoms with Gasteiger partial charge in [0, 0.05) is 34.9 Å². The minimum Gasteiger partial charge on any atom is -0.497 e. The minimum absolute atomic E-state index is 0.245. The van der Waals surface area contributed by atoms with Gasteiger partial charge in [0.15, 0.2) is 4.80 Å². The Kier molecular flexibility index (Phi) is 9.02. The Labute approximate surface area is 292 Å². The lowest BCUT2D eigenvalue weighted by molar-refractivity contribution is -0.113. The highest BCUT2D eigenvalue weighted by atomic mass is 32.1. The number of allylic oxidation sites excluding steroid dienone is 1. The van der Waals surface area contributed by atoms with E-state index in [1.165, 1.54) is 11.3 Å². The fourth-order valence-electron chi connectivity index (χ4n) is 6.28. The quantitative estimate of drug-likeness (QED) is 0.187. The second kappa shape index (κ2) is 13.9. The second-order valence-electron chi connectivity index (χ2n) is 11.8. The van der Waals surface area contributed by atoms with Crippen LogP contribution in [0.4, 0.5) is 5.69 Å². The summed E-state index contributed by atoms with van der Waals surface area (Å²) in [4.78, 5) is 45.8. The second-order valence-corrected chi connectivity index (χ2v) is 12.8. The lowest BCUT2D eigenvalue weighted by atomic mass is 9.95. The number of para-hydroxylation sites is 2. The van der Waals surface area contributed by atoms with Gasteiger partial charge in [0.2, 0.25) is 0 Å². The lowest BCUT2D eigenvalue weighted by Crippen LogP contribution is -2.40. The standard InChI is InChI=1S/C40H34N4O5S/c1-4-49-39(47)27-19-17-26(18-20-27)23-43-24-29(32-15-8-9-16-33(32)43)22-34-38(46)44-36(28-11-10-14-31(21-28)48-3)35(25(2)41-40(44)50-34)37(45)42-30-12-6-5-7-13-30/h5-22,24,36H,4,23H2,1-3H3,(H,42,45)/b34-22-/t36-/m1/s1. The lowest BCUT2D eigenvalue weighted by Gasteiger charge is -2.25. The van der Waals surface area contributed by atoms with E-state index in [-0.39, 0.29) is 17.4 Å². The van der Waals surface area contributed by atoms with Crippen molar-refractivity contribution in [2.75, 3.05) is 19.0 Å². The van der Waals surface area contributed by atoms with Crippen molar-refractivity contribution in [2.45, 2.75) is 26.4 Å². The number of ether oxygens (including phenoxy) is 2. The Morgan fingerprint density at radius 1 is 0.960 bits per heavy atom. The van der Waals surface area contributed by atoms with Gasteiger partial charge in [-0.2, -0.15) is 0 Å². The van der Waals surface area contributed by atoms with E-state index in [1.54, 1.807) is 37.7 Å². The van der Waals surface area contributed by atoms with E-state index in [2.05, 4.69) is 9.88 Å². The molecule has 0 unspecified atom stereocenters. The summed E-state index contributed by atoms with van der Waals surface area (Å²) < 4.78 is 14.9. The van der Waals surface area contributed by atoms with Crippen molar-refractivity contribution in [1.82, 2.24) is 9.13 Å². The molecule has 10 heteroatoms. The Hall–Kier alpha value is -6.00. The fraction of sp³-hybridized carbons (Fsp3) is 0.150. The van der Waals surface area contributed by atoms with Crippen molar-refractivity contribution in [2.24, 2.45) is 4.99 Å². The number of rotatable bonds is 9. The molecule has 0 spiro atoms. The number of thiazole rings is 1. The van der Waals surface area contributed by atoms with E-state index in [4.69, 9.17) is 14.5 Å². The first-order valence-corrected chi connectivity index (χ1v) is 17.0. The van der Waals surface area contributed by atoms with Crippen molar-refractivity contribution in [3.8, 4) is 5.75 Å². The molecule has 7 rings (SSSR count). The van der Waals surface area contributed by atoms with Gasteiger partial charge in [-0.25, -0.2) is 9.79 Å². The molecule has 0 bridgehead atoms. The highest BCUT2D eigenvalue weighted by molar-refractivity contribution is 7.07. The zero-order chi connectivity index (χ0) is 34.8. The summed E-state index contributed by atoms with van der Waals surface area (Å²) in [7, 11) is 1.59. The van der Waals surface area contributed by atoms with Crippen molar-refractivity contribution < 1.29 is 19.1 Å². The number of hydrogen-bond acceptors (Lipinski definition) is 7. The first-order valence-electron chi connectivity index (χ1n) is 16.2. The average Bonchev–Trinajstić information content (AvgIpc) is 3.63. The van der Waals surface area contributed by atoms with Gasteiger partial charge in [-0.15, -0.1) is 0 Å². The van der Waals surface area contributed by atoms with Crippen LogP contribution in [0, 0.1) is 0 Å². The van der Waals surface area contributed by atoms with Crippen LogP contribution >= 0.6 is 11.3 Å². The number of esters is 1. The number of carbonyl (C=O) groups excluding carboxylic acids is 2. The number of hydrogen-bond donors (Lipinski definition) is 1. The molecular weight excluding hydrogens is 649 g/mol. The van der Waals surface area contributed by atoms with Gasteiger partial charge in [0.25, 0.3) is 11.5 Å². The van der Waals surface area contributed by atoms with Crippen molar-refractivity contribution in [3.05, 3.63) is 163 Å². The van der Waals surface area contributed by atoms with E-state index in [0.29, 0.717) is 50.8 Å². The third-order valence-corrected chi connectivity index (χ3v) is 9.61. The number of benzene rings is 4. The van der Waals surface area contributed by atoms with Crippen LogP contribution in [0.15, 0.2) is 130 Å². The van der Waals surface area contributed by atoms with E-state index in [0.717, 1.165) is 27.6 Å². The summed E-state index contributed by atoms with van der Waals surface area (Å²) in [5.74, 6) is -0.0645. The number of methoxy groups -OCH3 is 1. The normalized spacial score (nSPS) is 14.3. The number of nitrogens with zero attached hydrogens (tertiary/aromatic N) is 3. The first-order chi connectivity index (χ1) is 24.3. The number of fused-ring (bicyclic) bond motifs is 2. The van der Waals surface area contributed by atoms with Gasteiger partial charge >= 0.3 is 5.97 Å². The van der Waals surface area contributed by atoms with Gasteiger partial charge in [-0.05, 0) is 73.5 Å². The molecule has 0 saturated carbocycles. The summed E-state index contributed by atoms with van der Waals surface area (Å²) in [6.45, 7) is 4.47. The molecule has 6 aromatic rings. The summed E-state index contributed by atoms with van der Waals surface area (Å²) in [5.41, 5.74) is 5.45. The number of aromatic nitrogens is 2. The SMILES string of the molecule is CCOC(=O)c1ccc(Cn2cc(/C=c3\sc4n(c3=O)[C@H](c3cccc(OC)c3)C(C(=O)Nc3ccccc3)=C(C)N=4)c3ccccc32)cc1. The number of carbonyl (C=O) groups is 2. The Balaban J connectivity index is 1.31. The molecule has 9 nitrogen and oxygen atoms in total. The molecule has 2 aromatic heterocycles. The first kappa shape index (κ1) is 32.5. The van der Waals surface area contributed by atoms with Crippen LogP contribution in [-0.2, 0) is 16.1 Å². The molecule has 1 atom stereocenters. The molecule has 50 heavy (non-hydrogen) atoms. The van der Waals surface area contributed by atoms with Gasteiger partial charge < -0.3 is 19.4 Å². The average molecular weight is 683 g/mol. The molecule has 3 heterocycles. The number of anilines is 1. The fourth-order valence-corrected chi connectivity index (χ4v) is 7.32. The van der Waals surface area contributed by atoms with Crippen LogP contribution < -0.4 is 24.9 Å². The van der Waals surface area contributed by atoms with Gasteiger partial charge in [-0.1, -0.05) is 72.0 Å². The summed E-state index contributed by atoms with van der Waals surface area (Å²) in [5, 5.41) is 3.98. The summed E-state index contributed by atoms with van der Waals surface area (Å²) in [6, 6.07) is 31.4. The molecule has 0 fully saturated rings. The maximum Gasteiger partial charge on any atom is 0.338 e. The predicted octanol–water partition coefficient (Wildman–Crippen LogP) is 6.06. The highest BCUT2D eigenvalue weighted by Gasteiger charge is 2.33. The maximum atomic E-state index is 14.4. The smallest absolute Gasteiger partial charge is 0.338 e. The van der Waals surface area contributed by atoms with Crippen LogP contribution in [0.3, 0.4) is 0 Å². The Bertz CT molecular complexity index is 2460. The van der Waals surface area contributed by atoms with E-state index in [9.17, 15) is 14.4 Å². The van der Waals surface area contributed by atoms with Crippen molar-refractivity contribution in [3.63, 3.8) is 0 Å². The molecule has 1 aliphatic heterocycles. The van der Waals surface area contributed by atoms with Crippen molar-refractivity contribution in [1.29, 1.82) is 0 Å². The highest BCUT2D eigenvalue weighted by Crippen LogP contribution is 2.32. The molecule has 4 aromatic carbocycles. The van der Waals surface area contributed by atoms with Crippen LogP contribution in [0.25, 0.3) is 17.0 Å². The molecule has 1 aliphatic rings. The molecule has 1 N–H and O–H groups in total. The molecule has 1 amide bonds. The van der Waals surface area contributed by atoms with Gasteiger partial charge in [0.05, 0.1) is 41.1 Å². The van der Waals surface area contributed by atoms with Crippen LogP contribution in [0.2, 0.25) is 0 Å². The third kappa shape index (κ3) is 6.28. The van der Waals surface area contributed by atoms with Crippen LogP contribution in [0.5, 0.6) is 5.75 Å². The van der Waals surface area contributed by atoms with Gasteiger partial charge in [-0.3, -0.25) is 14.2 Å². The number of nitrogens with one attached hydrogen (secondary N) is 1. The Morgan fingerprint density at radius 2 is 1.72 bits per heavy atom. The van der Waals surface area contributed by atoms with E-state index in [1.807, 2.05) is 103 Å². The molecule has 0 aliphatic carbocycles. The molecule has 0 radical (unpaired) electrons. The third-order valence-electron chi connectivity index (χ3n) is 8.63. The zero-order valence-electron chi connectivity index (χ0n) is 27.8. The minimum atomic E-state index is -0.730. The van der Waals surface area contributed by atoms with Crippen LogP contribution in [-0.4, -0.2) is 34.7 Å². The molecule has 250 valence electrons. The van der Waals surface area contributed by atoms with Gasteiger partial charge in [0.1, 0.15) is 5.75 Å². The summed E-state index contributed by atoms with van der Waals surface area (Å²) >= 11 is 1.29. The van der Waals surface area contributed by atoms with Crippen molar-refractivity contribution >= 4 is 45.9 Å². The van der Waals surface area contributed by atoms with Crippen LogP contribution in [0.1, 0.15) is 46.9 Å². The number of amides is 1. The zero-order valence-corrected chi connectivity index (χ0v) is 28.6. The molecule has 0 saturated heterocycles. The monoisotopic (exact) mass is 682 g/mol. The topological polar surface area (TPSA) is 104 Å². The summed E-state index contributed by atoms with van der Waals surface area (Å²) in [6.07, 6.45) is 3.93. The largest absolute Gasteiger partial charge is 0.497 e.